The minimum atomic E-state index is -0.689. The van der Waals surface area contributed by atoms with Gasteiger partial charge >= 0.3 is 0 Å². The van der Waals surface area contributed by atoms with E-state index in [-0.39, 0.29) is 5.52 Å². The quantitative estimate of drug-likeness (QED) is 0.632. The number of carbonyl (C=O) groups is 1. The molecule has 0 aliphatic heterocycles. The molecule has 2 heterocycles. The average Bonchev–Trinajstić information content (AvgIpc) is 3.18. The normalized spacial score (nSPS) is 12.5. The first-order valence-electron chi connectivity index (χ1n) is 7.36. The van der Waals surface area contributed by atoms with Crippen LogP contribution in [0.1, 0.15) is 4.88 Å². The van der Waals surface area contributed by atoms with E-state index in [0.717, 1.165) is 22.3 Å². The molecule has 3 rings (SSSR count). The molecule has 0 N–H and O–H groups in total. The highest BCUT2D eigenvalue weighted by molar-refractivity contribution is 7.16. The molecule has 130 valence electrons. The van der Waals surface area contributed by atoms with Crippen LogP contribution in [0.15, 0.2) is 40.7 Å². The lowest BCUT2D eigenvalue weighted by atomic mass is 10.3. The molecule has 0 fully saturated rings. The number of benzene rings is 1. The number of hydrogen-bond donors (Lipinski definition) is 0. The van der Waals surface area contributed by atoms with Crippen LogP contribution in [-0.2, 0) is 16.1 Å². The van der Waals surface area contributed by atoms with Crippen LogP contribution in [0.4, 0.5) is 8.78 Å². The maximum absolute atomic E-state index is 14.2. The summed E-state index contributed by atoms with van der Waals surface area (Å²) in [6.07, 6.45) is 3.03. The van der Waals surface area contributed by atoms with E-state index >= 15 is 0 Å². The van der Waals surface area contributed by atoms with Gasteiger partial charge < -0.3 is 9.30 Å². The largest absolute Gasteiger partial charge is 0.383 e. The Hall–Kier alpha value is -2.16. The molecule has 0 atom stereocenters. The molecule has 0 aliphatic rings. The van der Waals surface area contributed by atoms with Crippen molar-refractivity contribution in [2.24, 2.45) is 4.99 Å². The zero-order chi connectivity index (χ0) is 17.8. The van der Waals surface area contributed by atoms with Crippen molar-refractivity contribution in [3.63, 3.8) is 0 Å². The lowest BCUT2D eigenvalue weighted by molar-refractivity contribution is -0.113. The van der Waals surface area contributed by atoms with Gasteiger partial charge in [-0.1, -0.05) is 17.4 Å². The summed E-state index contributed by atoms with van der Waals surface area (Å²) >= 11 is 2.56. The van der Waals surface area contributed by atoms with Crippen molar-refractivity contribution in [3.05, 3.63) is 57.0 Å². The first-order valence-corrected chi connectivity index (χ1v) is 9.05. The maximum atomic E-state index is 14.2. The Labute approximate surface area is 150 Å². The molecule has 3 aromatic rings. The molecule has 2 aromatic heterocycles. The molecule has 25 heavy (non-hydrogen) atoms. The molecule has 0 saturated heterocycles. The van der Waals surface area contributed by atoms with E-state index in [1.165, 1.54) is 35.2 Å². The second-order valence-electron chi connectivity index (χ2n) is 5.06. The fourth-order valence-electron chi connectivity index (χ4n) is 2.28. The molecule has 1 aromatic carbocycles. The Morgan fingerprint density at radius 2 is 2.24 bits per heavy atom. The smallest absolute Gasteiger partial charge is 0.272 e. The van der Waals surface area contributed by atoms with E-state index in [2.05, 4.69) is 4.99 Å². The van der Waals surface area contributed by atoms with E-state index in [0.29, 0.717) is 22.7 Å². The molecular weight excluding hydrogens is 366 g/mol. The second kappa shape index (κ2) is 7.81. The van der Waals surface area contributed by atoms with Gasteiger partial charge in [-0.15, -0.1) is 11.3 Å². The molecule has 0 radical (unpaired) electrons. The predicted octanol–water partition coefficient (Wildman–Crippen LogP) is 3.83. The minimum Gasteiger partial charge on any atom is -0.383 e. The Morgan fingerprint density at radius 3 is 2.96 bits per heavy atom. The monoisotopic (exact) mass is 380 g/mol. The molecule has 0 saturated carbocycles. The van der Waals surface area contributed by atoms with Gasteiger partial charge in [0.1, 0.15) is 5.82 Å². The third kappa shape index (κ3) is 4.09. The summed E-state index contributed by atoms with van der Waals surface area (Å²) < 4.78 is 34.6. The topological polar surface area (TPSA) is 43.6 Å². The van der Waals surface area contributed by atoms with Crippen molar-refractivity contribution in [2.45, 2.75) is 6.54 Å². The fourth-order valence-corrected chi connectivity index (χ4v) is 3.99. The van der Waals surface area contributed by atoms with Crippen molar-refractivity contribution in [2.75, 3.05) is 13.7 Å². The van der Waals surface area contributed by atoms with Gasteiger partial charge in [-0.05, 0) is 23.6 Å². The molecule has 0 spiro atoms. The number of aromatic nitrogens is 1. The molecule has 0 aliphatic carbocycles. The van der Waals surface area contributed by atoms with Crippen LogP contribution in [0.5, 0.6) is 0 Å². The molecule has 1 amide bonds. The Balaban J connectivity index is 2.04. The third-order valence-corrected chi connectivity index (χ3v) is 5.22. The number of thiophene rings is 1. The SMILES string of the molecule is COCCn1c(=NC(=O)/C=C/c2cccs2)sc2cc(F)cc(F)c21. The number of carbonyl (C=O) groups excluding carboxylic acids is 1. The summed E-state index contributed by atoms with van der Waals surface area (Å²) in [7, 11) is 1.52. The van der Waals surface area contributed by atoms with Crippen LogP contribution in [-0.4, -0.2) is 24.2 Å². The van der Waals surface area contributed by atoms with E-state index in [1.54, 1.807) is 6.08 Å². The number of amides is 1. The van der Waals surface area contributed by atoms with Crippen molar-refractivity contribution in [3.8, 4) is 0 Å². The molecular formula is C17H14F2N2O2S2. The number of fused-ring (bicyclic) bond motifs is 1. The van der Waals surface area contributed by atoms with Gasteiger partial charge in [0.05, 0.1) is 16.8 Å². The number of ether oxygens (including phenoxy) is 1. The zero-order valence-corrected chi connectivity index (χ0v) is 14.9. The van der Waals surface area contributed by atoms with Gasteiger partial charge in [-0.3, -0.25) is 4.79 Å². The molecule has 4 nitrogen and oxygen atoms in total. The number of thiazole rings is 1. The highest BCUT2D eigenvalue weighted by atomic mass is 32.1. The summed E-state index contributed by atoms with van der Waals surface area (Å²) in [5.41, 5.74) is 0.220. The Kier molecular flexibility index (Phi) is 5.52. The van der Waals surface area contributed by atoms with Gasteiger partial charge in [0.2, 0.25) is 0 Å². The number of halogens is 2. The number of rotatable bonds is 5. The van der Waals surface area contributed by atoms with Crippen LogP contribution in [0.3, 0.4) is 0 Å². The number of methoxy groups -OCH3 is 1. The lowest BCUT2D eigenvalue weighted by Gasteiger charge is -2.04. The average molecular weight is 380 g/mol. The summed E-state index contributed by atoms with van der Waals surface area (Å²) in [6.45, 7) is 0.620. The van der Waals surface area contributed by atoms with Crippen LogP contribution in [0, 0.1) is 11.6 Å². The zero-order valence-electron chi connectivity index (χ0n) is 13.2. The van der Waals surface area contributed by atoms with Crippen molar-refractivity contribution >= 4 is 44.9 Å². The minimum absolute atomic E-state index is 0.220. The van der Waals surface area contributed by atoms with Crippen LogP contribution >= 0.6 is 22.7 Å². The fraction of sp³-hybridized carbons (Fsp3) is 0.176. The van der Waals surface area contributed by atoms with Gasteiger partial charge in [-0.25, -0.2) is 8.78 Å². The Bertz CT molecular complexity index is 988. The highest BCUT2D eigenvalue weighted by Gasteiger charge is 2.13. The summed E-state index contributed by atoms with van der Waals surface area (Å²) in [5.74, 6) is -1.82. The first-order chi connectivity index (χ1) is 12.1. The van der Waals surface area contributed by atoms with Crippen LogP contribution < -0.4 is 4.80 Å². The predicted molar refractivity (Wildman–Crippen MR) is 95.5 cm³/mol. The summed E-state index contributed by atoms with van der Waals surface area (Å²) in [5, 5.41) is 1.91. The number of nitrogens with zero attached hydrogens (tertiary/aromatic N) is 2. The van der Waals surface area contributed by atoms with Gasteiger partial charge in [-0.2, -0.15) is 4.99 Å². The van der Waals surface area contributed by atoms with E-state index in [4.69, 9.17) is 4.74 Å². The standard InChI is InChI=1S/C17H14F2N2O2S2/c1-23-7-6-21-16-13(19)9-11(18)10-14(16)25-17(21)20-15(22)5-4-12-3-2-8-24-12/h2-5,8-10H,6-7H2,1H3/b5-4+,20-17?. The van der Waals surface area contributed by atoms with Crippen molar-refractivity contribution in [1.82, 2.24) is 4.57 Å². The van der Waals surface area contributed by atoms with Crippen LogP contribution in [0.25, 0.3) is 16.3 Å². The van der Waals surface area contributed by atoms with Gasteiger partial charge in [0.15, 0.2) is 10.6 Å². The van der Waals surface area contributed by atoms with Crippen molar-refractivity contribution < 1.29 is 18.3 Å². The van der Waals surface area contributed by atoms with Crippen molar-refractivity contribution in [1.29, 1.82) is 0 Å². The van der Waals surface area contributed by atoms with Gasteiger partial charge in [0.25, 0.3) is 5.91 Å². The highest BCUT2D eigenvalue weighted by Crippen LogP contribution is 2.22. The maximum Gasteiger partial charge on any atom is 0.272 e. The van der Waals surface area contributed by atoms with E-state index in [1.807, 2.05) is 17.5 Å². The summed E-state index contributed by atoms with van der Waals surface area (Å²) in [6, 6.07) is 5.82. The van der Waals surface area contributed by atoms with E-state index < -0.39 is 17.5 Å². The summed E-state index contributed by atoms with van der Waals surface area (Å²) in [4.78, 5) is 17.4. The van der Waals surface area contributed by atoms with Gasteiger partial charge in [0, 0.05) is 30.7 Å². The Morgan fingerprint density at radius 1 is 1.40 bits per heavy atom. The number of hydrogen-bond acceptors (Lipinski definition) is 4. The second-order valence-corrected chi connectivity index (χ2v) is 7.05. The van der Waals surface area contributed by atoms with E-state index in [9.17, 15) is 13.6 Å². The lowest BCUT2D eigenvalue weighted by Crippen LogP contribution is -2.19. The first kappa shape index (κ1) is 17.7. The van der Waals surface area contributed by atoms with Crippen LogP contribution in [0.2, 0.25) is 0 Å². The third-order valence-electron chi connectivity index (χ3n) is 3.35. The molecule has 8 heteroatoms. The molecule has 0 unspecified atom stereocenters. The molecule has 0 bridgehead atoms.